The maximum atomic E-state index is 13.8. The zero-order valence-electron chi connectivity index (χ0n) is 26.6. The van der Waals surface area contributed by atoms with E-state index < -0.39 is 29.5 Å². The van der Waals surface area contributed by atoms with Gasteiger partial charge in [0.25, 0.3) is 0 Å². The molecule has 1 saturated heterocycles. The van der Waals surface area contributed by atoms with Crippen molar-refractivity contribution in [2.24, 2.45) is 11.7 Å². The molecule has 3 heterocycles. The molecule has 2 aromatic carbocycles. The predicted octanol–water partition coefficient (Wildman–Crippen LogP) is 3.60. The van der Waals surface area contributed by atoms with Crippen molar-refractivity contribution < 1.29 is 28.6 Å². The third kappa shape index (κ3) is 5.79. The molecular formula is C34H40N6O6. The highest BCUT2D eigenvalue weighted by Gasteiger charge is 2.60. The average molecular weight is 629 g/mol. The van der Waals surface area contributed by atoms with Gasteiger partial charge in [0.15, 0.2) is 5.82 Å². The number of rotatable bonds is 6. The minimum Gasteiger partial charge on any atom is -0.497 e. The van der Waals surface area contributed by atoms with E-state index in [0.29, 0.717) is 47.1 Å². The maximum absolute atomic E-state index is 13.8. The van der Waals surface area contributed by atoms with Crippen LogP contribution < -0.4 is 25.3 Å². The van der Waals surface area contributed by atoms with Crippen LogP contribution in [0.3, 0.4) is 0 Å². The van der Waals surface area contributed by atoms with Crippen LogP contribution in [-0.2, 0) is 9.59 Å². The summed E-state index contributed by atoms with van der Waals surface area (Å²) in [5, 5.41) is 3.60. The summed E-state index contributed by atoms with van der Waals surface area (Å²) in [5.41, 5.74) is 6.89. The summed E-state index contributed by atoms with van der Waals surface area (Å²) in [6.45, 7) is 2.64. The highest BCUT2D eigenvalue weighted by molar-refractivity contribution is 5.97. The number of aromatic nitrogens is 2. The van der Waals surface area contributed by atoms with Gasteiger partial charge in [0.2, 0.25) is 17.7 Å². The number of aryl methyl sites for hydroxylation is 1. The fourth-order valence-corrected chi connectivity index (χ4v) is 6.47. The van der Waals surface area contributed by atoms with E-state index in [0.717, 1.165) is 30.4 Å². The van der Waals surface area contributed by atoms with Crippen LogP contribution in [0.15, 0.2) is 48.6 Å². The summed E-state index contributed by atoms with van der Waals surface area (Å²) in [5.74, 6) is 0.997. The lowest BCUT2D eigenvalue weighted by Crippen LogP contribution is -2.56. The van der Waals surface area contributed by atoms with Gasteiger partial charge in [0, 0.05) is 37.1 Å². The minimum absolute atomic E-state index is 0.159. The molecule has 0 spiro atoms. The SMILES string of the molecule is COc1ccc(-c2nc(OC3CC4C(=O)NC5(C(N)=O)CC5C=CCCCCN(C)C(=O)N4C3)c3ccc(OC)c(C)c3n2)cc1. The molecule has 4 unspecified atom stereocenters. The van der Waals surface area contributed by atoms with Crippen molar-refractivity contribution in [2.45, 2.75) is 56.7 Å². The Balaban J connectivity index is 1.35. The molecule has 46 heavy (non-hydrogen) atoms. The molecule has 242 valence electrons. The third-order valence-electron chi connectivity index (χ3n) is 9.30. The molecule has 4 amide bonds. The van der Waals surface area contributed by atoms with E-state index in [9.17, 15) is 14.4 Å². The van der Waals surface area contributed by atoms with E-state index in [1.807, 2.05) is 55.5 Å². The molecule has 12 nitrogen and oxygen atoms in total. The van der Waals surface area contributed by atoms with Gasteiger partial charge < -0.3 is 35.1 Å². The van der Waals surface area contributed by atoms with Crippen LogP contribution >= 0.6 is 0 Å². The first-order valence-electron chi connectivity index (χ1n) is 15.6. The van der Waals surface area contributed by atoms with Gasteiger partial charge in [-0.2, -0.15) is 4.98 Å². The Hall–Kier alpha value is -4.87. The monoisotopic (exact) mass is 628 g/mol. The van der Waals surface area contributed by atoms with Gasteiger partial charge in [0.1, 0.15) is 29.2 Å². The molecule has 12 heteroatoms. The number of methoxy groups -OCH3 is 2. The first-order valence-corrected chi connectivity index (χ1v) is 15.6. The molecule has 3 aliphatic rings. The number of hydrogen-bond acceptors (Lipinski definition) is 8. The quantitative estimate of drug-likeness (QED) is 0.394. The van der Waals surface area contributed by atoms with Crippen LogP contribution in [0.5, 0.6) is 17.4 Å². The Bertz CT molecular complexity index is 1690. The lowest BCUT2D eigenvalue weighted by Gasteiger charge is -2.30. The van der Waals surface area contributed by atoms with Gasteiger partial charge in [-0.1, -0.05) is 12.2 Å². The normalized spacial score (nSPS) is 24.9. The molecule has 3 aromatic rings. The second-order valence-corrected chi connectivity index (χ2v) is 12.3. The molecule has 0 bridgehead atoms. The zero-order valence-corrected chi connectivity index (χ0v) is 26.6. The summed E-state index contributed by atoms with van der Waals surface area (Å²) in [6, 6.07) is 9.97. The second kappa shape index (κ2) is 12.5. The second-order valence-electron chi connectivity index (χ2n) is 12.3. The Morgan fingerprint density at radius 1 is 1.07 bits per heavy atom. The molecule has 2 aliphatic heterocycles. The first kappa shape index (κ1) is 31.1. The van der Waals surface area contributed by atoms with Crippen molar-refractivity contribution >= 4 is 28.7 Å². The third-order valence-corrected chi connectivity index (χ3v) is 9.30. The van der Waals surface area contributed by atoms with E-state index in [-0.39, 0.29) is 24.9 Å². The number of fused-ring (bicyclic) bond motifs is 3. The number of nitrogens with zero attached hydrogens (tertiary/aromatic N) is 4. The summed E-state index contributed by atoms with van der Waals surface area (Å²) in [6.07, 6.45) is 6.62. The number of allylic oxidation sites excluding steroid dienone is 1. The van der Waals surface area contributed by atoms with Crippen molar-refractivity contribution in [3.05, 3.63) is 54.1 Å². The lowest BCUT2D eigenvalue weighted by atomic mass is 10.1. The van der Waals surface area contributed by atoms with Gasteiger partial charge in [0.05, 0.1) is 31.7 Å². The Morgan fingerprint density at radius 2 is 1.85 bits per heavy atom. The predicted molar refractivity (Wildman–Crippen MR) is 172 cm³/mol. The lowest BCUT2D eigenvalue weighted by molar-refractivity contribution is -0.130. The summed E-state index contributed by atoms with van der Waals surface area (Å²) < 4.78 is 17.5. The molecule has 4 atom stereocenters. The van der Waals surface area contributed by atoms with Gasteiger partial charge in [-0.3, -0.25) is 9.59 Å². The number of urea groups is 1. The van der Waals surface area contributed by atoms with Crippen LogP contribution in [-0.4, -0.2) is 89.7 Å². The molecule has 6 rings (SSSR count). The number of benzene rings is 2. The highest BCUT2D eigenvalue weighted by atomic mass is 16.5. The fraction of sp³-hybridized carbons (Fsp3) is 0.441. The number of nitrogens with two attached hydrogens (primary N) is 1. The molecule has 2 fully saturated rings. The van der Waals surface area contributed by atoms with Crippen molar-refractivity contribution in [1.29, 1.82) is 0 Å². The number of nitrogens with one attached hydrogen (secondary N) is 1. The van der Waals surface area contributed by atoms with E-state index in [1.165, 1.54) is 4.90 Å². The minimum atomic E-state index is -1.15. The van der Waals surface area contributed by atoms with E-state index in [4.69, 9.17) is 29.9 Å². The number of hydrogen-bond donors (Lipinski definition) is 2. The number of primary amides is 1. The molecule has 1 aromatic heterocycles. The number of amides is 4. The van der Waals surface area contributed by atoms with E-state index >= 15 is 0 Å². The number of carbonyl (C=O) groups excluding carboxylic acids is 3. The Labute approximate surface area is 267 Å². The summed E-state index contributed by atoms with van der Waals surface area (Å²) in [7, 11) is 4.95. The molecule has 0 radical (unpaired) electrons. The van der Waals surface area contributed by atoms with Crippen molar-refractivity contribution in [3.63, 3.8) is 0 Å². The van der Waals surface area contributed by atoms with Gasteiger partial charge in [-0.15, -0.1) is 0 Å². The number of carbonyl (C=O) groups is 3. The smallest absolute Gasteiger partial charge is 0.320 e. The fourth-order valence-electron chi connectivity index (χ4n) is 6.47. The first-order chi connectivity index (χ1) is 22.1. The van der Waals surface area contributed by atoms with Crippen LogP contribution in [0, 0.1) is 12.8 Å². The van der Waals surface area contributed by atoms with Crippen molar-refractivity contribution in [3.8, 4) is 28.8 Å². The van der Waals surface area contributed by atoms with Crippen LogP contribution in [0.1, 0.15) is 37.7 Å². The standard InChI is InChI=1S/C34H40N6O6/c1-20-27(45-4)15-14-25-28(20)36-29(21-10-12-23(44-3)13-11-21)37-31(25)46-24-17-26-30(41)38-34(32(35)42)18-22(34)9-7-5-6-8-16-39(2)33(43)40(26)19-24/h7,9-15,22,24,26H,5-6,8,16-19H2,1-4H3,(H2,35,42)(H,38,41). The van der Waals surface area contributed by atoms with Gasteiger partial charge in [-0.05, 0) is 69.0 Å². The Kier molecular flexibility index (Phi) is 8.45. The van der Waals surface area contributed by atoms with Crippen LogP contribution in [0.25, 0.3) is 22.3 Å². The summed E-state index contributed by atoms with van der Waals surface area (Å²) >= 11 is 0. The molecular weight excluding hydrogens is 588 g/mol. The highest BCUT2D eigenvalue weighted by Crippen LogP contribution is 2.45. The van der Waals surface area contributed by atoms with Crippen molar-refractivity contribution in [2.75, 3.05) is 34.4 Å². The number of ether oxygens (including phenoxy) is 3. The Morgan fingerprint density at radius 3 is 2.57 bits per heavy atom. The van der Waals surface area contributed by atoms with Gasteiger partial charge in [-0.25, -0.2) is 9.78 Å². The zero-order chi connectivity index (χ0) is 32.6. The largest absolute Gasteiger partial charge is 0.497 e. The maximum Gasteiger partial charge on any atom is 0.320 e. The average Bonchev–Trinajstić information content (AvgIpc) is 3.59. The van der Waals surface area contributed by atoms with Gasteiger partial charge >= 0.3 is 6.03 Å². The molecule has 3 N–H and O–H groups in total. The van der Waals surface area contributed by atoms with Crippen LogP contribution in [0.2, 0.25) is 0 Å². The molecule has 1 saturated carbocycles. The molecule has 1 aliphatic carbocycles. The van der Waals surface area contributed by atoms with E-state index in [1.54, 1.807) is 26.2 Å². The van der Waals surface area contributed by atoms with Crippen LogP contribution in [0.4, 0.5) is 4.79 Å². The topological polar surface area (TPSA) is 149 Å². The van der Waals surface area contributed by atoms with E-state index in [2.05, 4.69) is 5.32 Å². The summed E-state index contributed by atoms with van der Waals surface area (Å²) in [4.78, 5) is 52.9. The van der Waals surface area contributed by atoms with Crippen molar-refractivity contribution in [1.82, 2.24) is 25.1 Å².